The van der Waals surface area contributed by atoms with Crippen LogP contribution in [-0.2, 0) is 14.3 Å². The van der Waals surface area contributed by atoms with Gasteiger partial charge in [-0.1, -0.05) is 259 Å². The van der Waals surface area contributed by atoms with E-state index in [1.807, 2.05) is 48.6 Å². The zero-order chi connectivity index (χ0) is 48.8. The summed E-state index contributed by atoms with van der Waals surface area (Å²) in [6.45, 7) is 6.30. The van der Waals surface area contributed by atoms with Crippen molar-refractivity contribution in [2.24, 2.45) is 0 Å². The normalized spacial score (nSPS) is 13.9. The third-order valence-corrected chi connectivity index (χ3v) is 12.3. The number of hydrogen-bond acceptors (Lipinski definition) is 5. The van der Waals surface area contributed by atoms with Crippen LogP contribution in [0.25, 0.3) is 0 Å². The molecule has 3 unspecified atom stereocenters. The Hall–Kier alpha value is -3.22. The summed E-state index contributed by atoms with van der Waals surface area (Å²) in [5.41, 5.74) is 0. The topological polar surface area (TPSA) is 95.9 Å². The van der Waals surface area contributed by atoms with Gasteiger partial charge in [0.15, 0.2) is 0 Å². The molecule has 0 aromatic rings. The van der Waals surface area contributed by atoms with Gasteiger partial charge in [-0.3, -0.25) is 9.59 Å². The Morgan fingerprint density at radius 3 is 1.40 bits per heavy atom. The summed E-state index contributed by atoms with van der Waals surface area (Å²) in [6, 6.07) is -0.733. The highest BCUT2D eigenvalue weighted by Crippen LogP contribution is 2.17. The Morgan fingerprint density at radius 2 is 0.881 bits per heavy atom. The van der Waals surface area contributed by atoms with Crippen molar-refractivity contribution in [1.82, 2.24) is 5.32 Å². The van der Waals surface area contributed by atoms with E-state index in [9.17, 15) is 19.8 Å². The van der Waals surface area contributed by atoms with Crippen molar-refractivity contribution in [3.05, 3.63) is 97.2 Å². The molecule has 0 heterocycles. The van der Waals surface area contributed by atoms with E-state index in [1.165, 1.54) is 128 Å². The van der Waals surface area contributed by atoms with Crippen LogP contribution >= 0.6 is 0 Å². The second-order valence-electron chi connectivity index (χ2n) is 18.7. The molecule has 0 rings (SSSR count). The number of allylic oxidation sites excluding steroid dienone is 16. The SMILES string of the molecule is CC/C=C/C=C/C=C\C=C/C=C/CCCC(CC(=O)NC(CO)C(O)CCCCCCCCCCCCCCCCCC)OC(=O)CCCCCCCC/C=C\C/C=C\C/C=C\CCCCC. The quantitative estimate of drug-likeness (QED) is 0.0244. The highest BCUT2D eigenvalue weighted by Gasteiger charge is 2.24. The van der Waals surface area contributed by atoms with Crippen LogP contribution in [0.4, 0.5) is 0 Å². The predicted octanol–water partition coefficient (Wildman–Crippen LogP) is 17.3. The number of carbonyl (C=O) groups is 2. The molecule has 0 spiro atoms. The molecule has 0 aliphatic carbocycles. The summed E-state index contributed by atoms with van der Waals surface area (Å²) in [7, 11) is 0. The first kappa shape index (κ1) is 63.8. The van der Waals surface area contributed by atoms with Gasteiger partial charge in [-0.15, -0.1) is 0 Å². The molecule has 0 radical (unpaired) electrons. The summed E-state index contributed by atoms with van der Waals surface area (Å²) < 4.78 is 5.91. The lowest BCUT2D eigenvalue weighted by Crippen LogP contribution is -2.46. The van der Waals surface area contributed by atoms with E-state index in [0.29, 0.717) is 19.3 Å². The number of ether oxygens (including phenoxy) is 1. The molecular weight excluding hydrogens is 827 g/mol. The maximum Gasteiger partial charge on any atom is 0.306 e. The van der Waals surface area contributed by atoms with E-state index in [2.05, 4.69) is 74.7 Å². The Kier molecular flexibility index (Phi) is 51.1. The summed E-state index contributed by atoms with van der Waals surface area (Å²) in [6.07, 6.45) is 71.9. The van der Waals surface area contributed by atoms with Gasteiger partial charge >= 0.3 is 5.97 Å². The van der Waals surface area contributed by atoms with Crippen LogP contribution in [-0.4, -0.2) is 46.9 Å². The summed E-state index contributed by atoms with van der Waals surface area (Å²) >= 11 is 0. The second kappa shape index (κ2) is 53.7. The Labute approximate surface area is 414 Å². The zero-order valence-corrected chi connectivity index (χ0v) is 43.8. The molecule has 0 aromatic heterocycles. The maximum absolute atomic E-state index is 13.2. The van der Waals surface area contributed by atoms with Gasteiger partial charge in [0.1, 0.15) is 6.10 Å². The first-order chi connectivity index (χ1) is 33.0. The summed E-state index contributed by atoms with van der Waals surface area (Å²) in [5, 5.41) is 23.8. The molecule has 67 heavy (non-hydrogen) atoms. The highest BCUT2D eigenvalue weighted by atomic mass is 16.5. The molecule has 0 aliphatic rings. The zero-order valence-electron chi connectivity index (χ0n) is 43.8. The van der Waals surface area contributed by atoms with Crippen LogP contribution in [0.1, 0.15) is 252 Å². The molecule has 384 valence electrons. The van der Waals surface area contributed by atoms with Crippen LogP contribution in [0.15, 0.2) is 97.2 Å². The number of hydrogen-bond donors (Lipinski definition) is 3. The number of aliphatic hydroxyl groups excluding tert-OH is 2. The maximum atomic E-state index is 13.2. The average Bonchev–Trinajstić information content (AvgIpc) is 3.32. The fraction of sp³-hybridized carbons (Fsp3) is 0.705. The van der Waals surface area contributed by atoms with Crippen LogP contribution in [0.5, 0.6) is 0 Å². The van der Waals surface area contributed by atoms with Crippen molar-refractivity contribution in [3.8, 4) is 0 Å². The molecule has 1 amide bonds. The van der Waals surface area contributed by atoms with Crippen molar-refractivity contribution in [3.63, 3.8) is 0 Å². The molecule has 6 heteroatoms. The van der Waals surface area contributed by atoms with Gasteiger partial charge in [-0.25, -0.2) is 0 Å². The van der Waals surface area contributed by atoms with Crippen LogP contribution in [0.3, 0.4) is 0 Å². The Bertz CT molecular complexity index is 1320. The minimum Gasteiger partial charge on any atom is -0.462 e. The molecule has 0 saturated carbocycles. The van der Waals surface area contributed by atoms with Gasteiger partial charge in [0.25, 0.3) is 0 Å². The van der Waals surface area contributed by atoms with Crippen molar-refractivity contribution in [2.75, 3.05) is 6.61 Å². The van der Waals surface area contributed by atoms with E-state index in [1.54, 1.807) is 0 Å². The van der Waals surface area contributed by atoms with E-state index in [0.717, 1.165) is 77.0 Å². The number of amides is 1. The predicted molar refractivity (Wildman–Crippen MR) is 291 cm³/mol. The Balaban J connectivity index is 4.63. The van der Waals surface area contributed by atoms with Crippen molar-refractivity contribution >= 4 is 11.9 Å². The number of unbranched alkanes of at least 4 members (excludes halogenated alkanes) is 25. The third kappa shape index (κ3) is 49.0. The fourth-order valence-electron chi connectivity index (χ4n) is 8.05. The lowest BCUT2D eigenvalue weighted by molar-refractivity contribution is -0.151. The van der Waals surface area contributed by atoms with Crippen LogP contribution in [0, 0.1) is 0 Å². The van der Waals surface area contributed by atoms with Crippen molar-refractivity contribution < 1.29 is 24.5 Å². The van der Waals surface area contributed by atoms with Crippen molar-refractivity contribution in [1.29, 1.82) is 0 Å². The standard InChI is InChI=1S/C61H105NO5/c1-4-7-10-13-16-19-22-25-27-29-30-31-33-36-39-42-45-48-51-54-61(66)67-57(52-49-46-43-40-37-34-24-21-18-15-12-9-6-3)55-60(65)62-58(56-63)59(64)53-50-47-44-41-38-35-32-28-26-23-20-17-14-11-8-5-2/h9,12,15-16,18-19,21,24-25,27,30-31,34,37,40,43,57-59,63-64H,4-8,10-11,13-14,17,20,22-23,26,28-29,32-33,35-36,38-39,41-42,44-56H2,1-3H3,(H,62,65)/b12-9+,18-15+,19-16-,24-21-,27-25-,31-30-,37-34-,43-40+. The van der Waals surface area contributed by atoms with E-state index in [4.69, 9.17) is 4.74 Å². The largest absolute Gasteiger partial charge is 0.462 e. The minimum absolute atomic E-state index is 0.0185. The lowest BCUT2D eigenvalue weighted by Gasteiger charge is -2.24. The van der Waals surface area contributed by atoms with Gasteiger partial charge in [-0.2, -0.15) is 0 Å². The molecule has 0 bridgehead atoms. The summed E-state index contributed by atoms with van der Waals surface area (Å²) in [5.74, 6) is -0.564. The number of carbonyl (C=O) groups excluding carboxylic acids is 2. The summed E-state index contributed by atoms with van der Waals surface area (Å²) in [4.78, 5) is 26.2. The first-order valence-corrected chi connectivity index (χ1v) is 28.0. The molecule has 6 nitrogen and oxygen atoms in total. The molecule has 0 fully saturated rings. The van der Waals surface area contributed by atoms with E-state index >= 15 is 0 Å². The first-order valence-electron chi connectivity index (χ1n) is 28.0. The van der Waals surface area contributed by atoms with Gasteiger partial charge < -0.3 is 20.3 Å². The van der Waals surface area contributed by atoms with Crippen LogP contribution < -0.4 is 5.32 Å². The molecule has 3 atom stereocenters. The molecule has 0 aliphatic heterocycles. The van der Waals surface area contributed by atoms with Gasteiger partial charge in [-0.05, 0) is 77.0 Å². The number of rotatable bonds is 49. The lowest BCUT2D eigenvalue weighted by atomic mass is 10.0. The molecule has 3 N–H and O–H groups in total. The van der Waals surface area contributed by atoms with Gasteiger partial charge in [0.05, 0.1) is 25.2 Å². The Morgan fingerprint density at radius 1 is 0.463 bits per heavy atom. The van der Waals surface area contributed by atoms with Gasteiger partial charge in [0.2, 0.25) is 5.91 Å². The van der Waals surface area contributed by atoms with E-state index in [-0.39, 0.29) is 24.9 Å². The fourth-order valence-corrected chi connectivity index (χ4v) is 8.05. The van der Waals surface area contributed by atoms with E-state index < -0.39 is 18.2 Å². The second-order valence-corrected chi connectivity index (χ2v) is 18.7. The molecule has 0 aromatic carbocycles. The number of nitrogens with one attached hydrogen (secondary N) is 1. The molecule has 0 saturated heterocycles. The van der Waals surface area contributed by atoms with Crippen LogP contribution in [0.2, 0.25) is 0 Å². The van der Waals surface area contributed by atoms with Crippen molar-refractivity contribution in [2.45, 2.75) is 270 Å². The number of aliphatic hydroxyl groups is 2. The minimum atomic E-state index is -0.815. The highest BCUT2D eigenvalue weighted by molar-refractivity contribution is 5.77. The average molecular weight is 933 g/mol. The van der Waals surface area contributed by atoms with Gasteiger partial charge in [0, 0.05) is 6.42 Å². The smallest absolute Gasteiger partial charge is 0.306 e. The monoisotopic (exact) mass is 932 g/mol. The third-order valence-electron chi connectivity index (χ3n) is 12.3. The molecular formula is C61H105NO5. The number of esters is 1.